The molecule has 1 unspecified atom stereocenters. The van der Waals surface area contributed by atoms with E-state index in [2.05, 4.69) is 10.9 Å². The molecule has 0 aromatic heterocycles. The van der Waals surface area contributed by atoms with Gasteiger partial charge in [0.15, 0.2) is 0 Å². The van der Waals surface area contributed by atoms with Gasteiger partial charge in [-0.3, -0.25) is 5.43 Å². The van der Waals surface area contributed by atoms with Gasteiger partial charge in [0.05, 0.1) is 5.02 Å². The van der Waals surface area contributed by atoms with E-state index >= 15 is 0 Å². The first-order valence-corrected chi connectivity index (χ1v) is 5.61. The average molecular weight is 279 g/mol. The van der Waals surface area contributed by atoms with Crippen LogP contribution in [0.4, 0.5) is 0 Å². The van der Waals surface area contributed by atoms with Gasteiger partial charge in [-0.15, -0.1) is 0 Å². The van der Waals surface area contributed by atoms with Crippen molar-refractivity contribution in [2.45, 2.75) is 6.23 Å². The Balaban J connectivity index is 1.92. The molecule has 1 fully saturated rings. The maximum absolute atomic E-state index is 5.93. The third-order valence-electron chi connectivity index (χ3n) is 1.87. The van der Waals surface area contributed by atoms with Gasteiger partial charge in [-0.25, -0.2) is 0 Å². The highest BCUT2D eigenvalue weighted by Crippen LogP contribution is 2.27. The topological polar surface area (TPSA) is 42.5 Å². The molecule has 1 saturated heterocycles. The summed E-state index contributed by atoms with van der Waals surface area (Å²) in [5.74, 6) is 0.550. The molecule has 2 rings (SSSR count). The minimum absolute atomic E-state index is 0.286. The minimum atomic E-state index is -0.320. The molecule has 0 aliphatic carbocycles. The molecule has 0 radical (unpaired) electrons. The Morgan fingerprint density at radius 1 is 1.44 bits per heavy atom. The predicted molar refractivity (Wildman–Crippen MR) is 65.7 cm³/mol. The van der Waals surface area contributed by atoms with Crippen LogP contribution < -0.4 is 15.6 Å². The molecule has 1 aliphatic heterocycles. The van der Waals surface area contributed by atoms with Crippen LogP contribution >= 0.6 is 35.4 Å². The van der Waals surface area contributed by atoms with Crippen molar-refractivity contribution in [1.29, 1.82) is 0 Å². The molecule has 1 aliphatic rings. The van der Waals surface area contributed by atoms with Crippen molar-refractivity contribution in [1.82, 2.24) is 10.9 Å². The van der Waals surface area contributed by atoms with Gasteiger partial charge in [0.25, 0.3) is 5.17 Å². The van der Waals surface area contributed by atoms with E-state index in [1.807, 2.05) is 0 Å². The van der Waals surface area contributed by atoms with Crippen LogP contribution in [0, 0.1) is 0 Å². The molecule has 0 saturated carbocycles. The van der Waals surface area contributed by atoms with Crippen LogP contribution in [-0.4, -0.2) is 18.0 Å². The van der Waals surface area contributed by atoms with E-state index in [0.29, 0.717) is 21.0 Å². The fourth-order valence-corrected chi connectivity index (χ4v) is 1.80. The van der Waals surface area contributed by atoms with Crippen molar-refractivity contribution >= 4 is 40.6 Å². The number of hydrazine groups is 1. The summed E-state index contributed by atoms with van der Waals surface area (Å²) >= 11 is 16.5. The van der Waals surface area contributed by atoms with Gasteiger partial charge in [-0.05, 0) is 30.4 Å². The Morgan fingerprint density at radius 2 is 2.25 bits per heavy atom. The molecule has 1 aromatic rings. The highest BCUT2D eigenvalue weighted by molar-refractivity contribution is 7.80. The maximum atomic E-state index is 5.93. The standard InChI is InChI=1S/C9H8Cl2N2O2S/c10-5-1-2-7(6(11)3-5)14-4-8-12-13-9(16)15-8/h1-3,8,12H,4H2,(H,13,16). The monoisotopic (exact) mass is 278 g/mol. The molecule has 2 N–H and O–H groups in total. The van der Waals surface area contributed by atoms with Crippen molar-refractivity contribution in [3.63, 3.8) is 0 Å². The quantitative estimate of drug-likeness (QED) is 0.829. The van der Waals surface area contributed by atoms with E-state index < -0.39 is 0 Å². The zero-order valence-corrected chi connectivity index (χ0v) is 10.3. The first-order chi connectivity index (χ1) is 7.65. The van der Waals surface area contributed by atoms with Gasteiger partial charge in [0, 0.05) is 5.02 Å². The normalized spacial score (nSPS) is 19.1. The number of ether oxygens (including phenoxy) is 2. The number of halogens is 2. The lowest BCUT2D eigenvalue weighted by atomic mass is 10.3. The number of benzene rings is 1. The summed E-state index contributed by atoms with van der Waals surface area (Å²) in [5, 5.41) is 1.33. The van der Waals surface area contributed by atoms with Crippen molar-refractivity contribution in [2.75, 3.05) is 6.61 Å². The molecule has 0 amide bonds. The van der Waals surface area contributed by atoms with Crippen LogP contribution in [0.5, 0.6) is 5.75 Å². The fourth-order valence-electron chi connectivity index (χ4n) is 1.16. The average Bonchev–Trinajstić information content (AvgIpc) is 2.63. The lowest BCUT2D eigenvalue weighted by molar-refractivity contribution is 0.122. The van der Waals surface area contributed by atoms with E-state index in [4.69, 9.17) is 44.9 Å². The van der Waals surface area contributed by atoms with Crippen LogP contribution in [0.1, 0.15) is 0 Å². The van der Waals surface area contributed by atoms with Gasteiger partial charge < -0.3 is 9.47 Å². The molecule has 16 heavy (non-hydrogen) atoms. The molecule has 1 heterocycles. The molecule has 4 nitrogen and oxygen atoms in total. The molecule has 1 atom stereocenters. The number of nitrogens with one attached hydrogen (secondary N) is 2. The zero-order valence-electron chi connectivity index (χ0n) is 8.00. The third-order valence-corrected chi connectivity index (χ3v) is 2.60. The highest BCUT2D eigenvalue weighted by atomic mass is 35.5. The number of thiocarbonyl (C=S) groups is 1. The number of hydrogen-bond donors (Lipinski definition) is 2. The van der Waals surface area contributed by atoms with E-state index in [-0.39, 0.29) is 12.8 Å². The second-order valence-corrected chi connectivity index (χ2v) is 4.26. The lowest BCUT2D eigenvalue weighted by Crippen LogP contribution is -2.35. The largest absolute Gasteiger partial charge is 0.487 e. The van der Waals surface area contributed by atoms with Crippen LogP contribution in [0.25, 0.3) is 0 Å². The van der Waals surface area contributed by atoms with Crippen LogP contribution in [0.15, 0.2) is 18.2 Å². The Morgan fingerprint density at radius 3 is 2.88 bits per heavy atom. The summed E-state index contributed by atoms with van der Waals surface area (Å²) in [6.07, 6.45) is -0.320. The molecule has 86 valence electrons. The Labute approximate surface area is 108 Å². The Bertz CT molecular complexity index is 416. The first kappa shape index (κ1) is 11.7. The van der Waals surface area contributed by atoms with Crippen molar-refractivity contribution in [3.8, 4) is 5.75 Å². The minimum Gasteiger partial charge on any atom is -0.487 e. The molecule has 7 heteroatoms. The van der Waals surface area contributed by atoms with Crippen molar-refractivity contribution in [3.05, 3.63) is 28.2 Å². The van der Waals surface area contributed by atoms with Crippen LogP contribution in [0.3, 0.4) is 0 Å². The maximum Gasteiger partial charge on any atom is 0.273 e. The van der Waals surface area contributed by atoms with E-state index in [1.54, 1.807) is 18.2 Å². The van der Waals surface area contributed by atoms with E-state index in [0.717, 1.165) is 0 Å². The summed E-state index contributed by atoms with van der Waals surface area (Å²) in [7, 11) is 0. The van der Waals surface area contributed by atoms with Crippen molar-refractivity contribution in [2.24, 2.45) is 0 Å². The predicted octanol–water partition coefficient (Wildman–Crippen LogP) is 2.11. The molecular formula is C9H8Cl2N2O2S. The first-order valence-electron chi connectivity index (χ1n) is 4.45. The summed E-state index contributed by atoms with van der Waals surface area (Å²) in [6.45, 7) is 0.286. The summed E-state index contributed by atoms with van der Waals surface area (Å²) in [6, 6.07) is 5.02. The van der Waals surface area contributed by atoms with Gasteiger partial charge in [0.1, 0.15) is 12.4 Å². The second-order valence-electron chi connectivity index (χ2n) is 3.05. The second kappa shape index (κ2) is 5.05. The third kappa shape index (κ3) is 2.89. The fraction of sp³-hybridized carbons (Fsp3) is 0.222. The summed E-state index contributed by atoms with van der Waals surface area (Å²) in [5.41, 5.74) is 5.45. The van der Waals surface area contributed by atoms with Gasteiger partial charge >= 0.3 is 0 Å². The Kier molecular flexibility index (Phi) is 3.70. The highest BCUT2D eigenvalue weighted by Gasteiger charge is 2.19. The smallest absolute Gasteiger partial charge is 0.273 e. The summed E-state index contributed by atoms with van der Waals surface area (Å²) in [4.78, 5) is 0. The molecule has 1 aromatic carbocycles. The zero-order chi connectivity index (χ0) is 11.5. The lowest BCUT2D eigenvalue weighted by Gasteiger charge is -2.11. The SMILES string of the molecule is S=C1NNC(COc2ccc(Cl)cc2Cl)O1. The number of rotatable bonds is 3. The molecule has 0 bridgehead atoms. The van der Waals surface area contributed by atoms with E-state index in [1.165, 1.54) is 0 Å². The van der Waals surface area contributed by atoms with Crippen molar-refractivity contribution < 1.29 is 9.47 Å². The van der Waals surface area contributed by atoms with Gasteiger partial charge in [0.2, 0.25) is 6.23 Å². The molecular weight excluding hydrogens is 271 g/mol. The molecule has 0 spiro atoms. The summed E-state index contributed by atoms with van der Waals surface area (Å²) < 4.78 is 10.6. The van der Waals surface area contributed by atoms with Gasteiger partial charge in [-0.2, -0.15) is 5.43 Å². The number of hydrogen-bond acceptors (Lipinski definition) is 4. The van der Waals surface area contributed by atoms with E-state index in [9.17, 15) is 0 Å². The van der Waals surface area contributed by atoms with Crippen LogP contribution in [-0.2, 0) is 4.74 Å². The van der Waals surface area contributed by atoms with Gasteiger partial charge in [-0.1, -0.05) is 23.2 Å². The Hall–Kier alpha value is -0.750. The van der Waals surface area contributed by atoms with Crippen LogP contribution in [0.2, 0.25) is 10.0 Å².